The molecule has 1 saturated carbocycles. The number of carbonyl (C=O) groups is 1. The summed E-state index contributed by atoms with van der Waals surface area (Å²) in [6, 6.07) is 0. The van der Waals surface area contributed by atoms with Crippen molar-refractivity contribution in [3.8, 4) is 0 Å². The van der Waals surface area contributed by atoms with Gasteiger partial charge in [0.05, 0.1) is 0 Å². The van der Waals surface area contributed by atoms with Gasteiger partial charge in [-0.15, -0.1) is 0 Å². The number of hydrogen-bond donors (Lipinski definition) is 2. The van der Waals surface area contributed by atoms with E-state index in [1.807, 2.05) is 0 Å². The van der Waals surface area contributed by atoms with E-state index in [1.54, 1.807) is 11.9 Å². The van der Waals surface area contributed by atoms with Crippen molar-refractivity contribution in [1.29, 1.82) is 0 Å². The Morgan fingerprint density at radius 3 is 2.47 bits per heavy atom. The number of rotatable bonds is 4. The molecule has 0 unspecified atom stereocenters. The molecule has 3 N–H and O–H groups in total. The summed E-state index contributed by atoms with van der Waals surface area (Å²) in [6.45, 7) is 6.87. The van der Waals surface area contributed by atoms with Crippen LogP contribution in [0.5, 0.6) is 0 Å². The first-order chi connectivity index (χ1) is 7.83. The molecule has 1 amide bonds. The van der Waals surface area contributed by atoms with Crippen LogP contribution in [0.15, 0.2) is 5.16 Å². The predicted molar refractivity (Wildman–Crippen MR) is 66.7 cm³/mol. The molecule has 5 heteroatoms. The summed E-state index contributed by atoms with van der Waals surface area (Å²) >= 11 is 0. The second kappa shape index (κ2) is 4.94. The summed E-state index contributed by atoms with van der Waals surface area (Å²) in [5.41, 5.74) is 4.93. The number of nitrogens with two attached hydrogens (primary N) is 1. The number of hydrogen-bond acceptors (Lipinski definition) is 3. The molecule has 0 aromatic heterocycles. The SMILES string of the molecule is CC(C)CN(C)C(=O)C1(C(N)=NO)CC(C)C1. The quantitative estimate of drug-likeness (QED) is 0.336. The third kappa shape index (κ3) is 2.53. The molecule has 1 fully saturated rings. The second-order valence-electron chi connectivity index (χ2n) is 5.66. The Balaban J connectivity index is 2.83. The van der Waals surface area contributed by atoms with Gasteiger partial charge in [0.15, 0.2) is 5.84 Å². The van der Waals surface area contributed by atoms with Gasteiger partial charge in [0, 0.05) is 13.6 Å². The number of amides is 1. The smallest absolute Gasteiger partial charge is 0.236 e. The average molecular weight is 241 g/mol. The Morgan fingerprint density at radius 1 is 1.59 bits per heavy atom. The van der Waals surface area contributed by atoms with Crippen LogP contribution in [0.1, 0.15) is 33.6 Å². The molecule has 17 heavy (non-hydrogen) atoms. The Kier molecular flexibility index (Phi) is 4.01. The zero-order valence-electron chi connectivity index (χ0n) is 11.1. The molecule has 1 rings (SSSR count). The summed E-state index contributed by atoms with van der Waals surface area (Å²) in [7, 11) is 1.78. The molecular weight excluding hydrogens is 218 g/mol. The van der Waals surface area contributed by atoms with Gasteiger partial charge in [-0.05, 0) is 24.7 Å². The fraction of sp³-hybridized carbons (Fsp3) is 0.833. The van der Waals surface area contributed by atoms with E-state index >= 15 is 0 Å². The lowest BCUT2D eigenvalue weighted by Crippen LogP contribution is -2.57. The van der Waals surface area contributed by atoms with Gasteiger partial charge in [0.1, 0.15) is 5.41 Å². The topological polar surface area (TPSA) is 78.9 Å². The zero-order valence-corrected chi connectivity index (χ0v) is 11.1. The lowest BCUT2D eigenvalue weighted by Gasteiger charge is -2.45. The van der Waals surface area contributed by atoms with Crippen LogP contribution in [0.25, 0.3) is 0 Å². The fourth-order valence-corrected chi connectivity index (χ4v) is 2.71. The van der Waals surface area contributed by atoms with E-state index in [4.69, 9.17) is 10.9 Å². The minimum absolute atomic E-state index is 0.0281. The van der Waals surface area contributed by atoms with Gasteiger partial charge in [0.2, 0.25) is 5.91 Å². The van der Waals surface area contributed by atoms with Gasteiger partial charge < -0.3 is 15.8 Å². The maximum absolute atomic E-state index is 12.4. The maximum Gasteiger partial charge on any atom is 0.236 e. The maximum atomic E-state index is 12.4. The lowest BCUT2D eigenvalue weighted by molar-refractivity contribution is -0.143. The number of nitrogens with zero attached hydrogens (tertiary/aromatic N) is 2. The van der Waals surface area contributed by atoms with Crippen molar-refractivity contribution < 1.29 is 10.0 Å². The number of carbonyl (C=O) groups excluding carboxylic acids is 1. The van der Waals surface area contributed by atoms with Crippen molar-refractivity contribution in [2.45, 2.75) is 33.6 Å². The van der Waals surface area contributed by atoms with E-state index in [-0.39, 0.29) is 11.7 Å². The van der Waals surface area contributed by atoms with Crippen LogP contribution in [-0.4, -0.2) is 35.4 Å². The molecule has 0 heterocycles. The molecule has 5 nitrogen and oxygen atoms in total. The van der Waals surface area contributed by atoms with Crippen molar-refractivity contribution in [1.82, 2.24) is 4.90 Å². The molecule has 0 aromatic rings. The van der Waals surface area contributed by atoms with Gasteiger partial charge >= 0.3 is 0 Å². The van der Waals surface area contributed by atoms with Crippen LogP contribution < -0.4 is 5.73 Å². The van der Waals surface area contributed by atoms with Gasteiger partial charge in [-0.25, -0.2) is 0 Å². The molecular formula is C12H23N3O2. The van der Waals surface area contributed by atoms with Gasteiger partial charge in [0.25, 0.3) is 0 Å². The molecule has 0 atom stereocenters. The standard InChI is InChI=1S/C12H23N3O2/c1-8(2)7-15(4)11(16)12(10(13)14-17)5-9(3)6-12/h8-9,17H,5-7H2,1-4H3,(H2,13,14). The molecule has 0 spiro atoms. The van der Waals surface area contributed by atoms with Crippen molar-refractivity contribution in [2.24, 2.45) is 28.1 Å². The lowest BCUT2D eigenvalue weighted by atomic mass is 9.61. The van der Waals surface area contributed by atoms with Crippen LogP contribution in [0, 0.1) is 17.3 Å². The first-order valence-electron chi connectivity index (χ1n) is 6.07. The molecule has 0 bridgehead atoms. The molecule has 0 aromatic carbocycles. The van der Waals surface area contributed by atoms with E-state index in [9.17, 15) is 4.79 Å². The average Bonchev–Trinajstić information content (AvgIpc) is 2.21. The Hall–Kier alpha value is -1.26. The summed E-state index contributed by atoms with van der Waals surface area (Å²) < 4.78 is 0. The van der Waals surface area contributed by atoms with Crippen molar-refractivity contribution in [3.63, 3.8) is 0 Å². The number of oxime groups is 1. The van der Waals surface area contributed by atoms with E-state index in [2.05, 4.69) is 25.9 Å². The monoisotopic (exact) mass is 241 g/mol. The summed E-state index contributed by atoms with van der Waals surface area (Å²) in [5, 5.41) is 11.9. The highest BCUT2D eigenvalue weighted by molar-refractivity contribution is 6.07. The molecule has 0 saturated heterocycles. The van der Waals surface area contributed by atoms with E-state index in [0.717, 1.165) is 0 Å². The molecule has 1 aliphatic carbocycles. The van der Waals surface area contributed by atoms with Crippen LogP contribution >= 0.6 is 0 Å². The first kappa shape index (κ1) is 13.8. The minimum atomic E-state index is -0.766. The third-order valence-corrected chi connectivity index (χ3v) is 3.39. The van der Waals surface area contributed by atoms with Gasteiger partial charge in [-0.2, -0.15) is 0 Å². The Labute approximate surface area is 103 Å². The Morgan fingerprint density at radius 2 is 2.12 bits per heavy atom. The van der Waals surface area contributed by atoms with Crippen LogP contribution in [0.2, 0.25) is 0 Å². The molecule has 0 radical (unpaired) electrons. The number of amidine groups is 1. The normalized spacial score (nSPS) is 29.0. The third-order valence-electron chi connectivity index (χ3n) is 3.39. The van der Waals surface area contributed by atoms with Crippen LogP contribution in [0.3, 0.4) is 0 Å². The van der Waals surface area contributed by atoms with Gasteiger partial charge in [-0.1, -0.05) is 25.9 Å². The highest BCUT2D eigenvalue weighted by atomic mass is 16.4. The summed E-state index contributed by atoms with van der Waals surface area (Å²) in [6.07, 6.45) is 1.34. The predicted octanol–water partition coefficient (Wildman–Crippen LogP) is 1.26. The first-order valence-corrected chi connectivity index (χ1v) is 6.07. The highest BCUT2D eigenvalue weighted by Crippen LogP contribution is 2.46. The largest absolute Gasteiger partial charge is 0.409 e. The molecule has 1 aliphatic rings. The minimum Gasteiger partial charge on any atom is -0.409 e. The van der Waals surface area contributed by atoms with Crippen molar-refractivity contribution in [3.05, 3.63) is 0 Å². The van der Waals surface area contributed by atoms with E-state index < -0.39 is 5.41 Å². The molecule has 0 aliphatic heterocycles. The van der Waals surface area contributed by atoms with Crippen molar-refractivity contribution >= 4 is 11.7 Å². The van der Waals surface area contributed by atoms with E-state index in [0.29, 0.717) is 31.2 Å². The zero-order chi connectivity index (χ0) is 13.2. The molecule has 98 valence electrons. The summed E-state index contributed by atoms with van der Waals surface area (Å²) in [5.74, 6) is 0.883. The van der Waals surface area contributed by atoms with Gasteiger partial charge in [-0.3, -0.25) is 4.79 Å². The van der Waals surface area contributed by atoms with Crippen molar-refractivity contribution in [2.75, 3.05) is 13.6 Å². The van der Waals surface area contributed by atoms with E-state index in [1.165, 1.54) is 0 Å². The fourth-order valence-electron chi connectivity index (χ4n) is 2.71. The van der Waals surface area contributed by atoms with Crippen LogP contribution in [-0.2, 0) is 4.79 Å². The second-order valence-corrected chi connectivity index (χ2v) is 5.66. The Bertz CT molecular complexity index is 320. The highest BCUT2D eigenvalue weighted by Gasteiger charge is 2.53. The van der Waals surface area contributed by atoms with Crippen LogP contribution in [0.4, 0.5) is 0 Å². The summed E-state index contributed by atoms with van der Waals surface area (Å²) in [4.78, 5) is 14.1.